The molecule has 98 valence electrons. The Balaban J connectivity index is 2.10. The first-order valence-electron chi connectivity index (χ1n) is 5.58. The molecule has 0 spiro atoms. The molecule has 1 aliphatic heterocycles. The van der Waals surface area contributed by atoms with Gasteiger partial charge < -0.3 is 4.90 Å². The molecule has 0 fully saturated rings. The summed E-state index contributed by atoms with van der Waals surface area (Å²) in [5.74, 6) is 0. The third-order valence-corrected chi connectivity index (χ3v) is 3.64. The highest BCUT2D eigenvalue weighted by Crippen LogP contribution is 2.34. The normalized spacial score (nSPS) is 13.7. The number of hydrogen-bond acceptors (Lipinski definition) is 3. The van der Waals surface area contributed by atoms with E-state index in [1.165, 1.54) is 21.5 Å². The maximum Gasteiger partial charge on any atom is 0.267 e. The zero-order valence-electron chi connectivity index (χ0n) is 9.72. The average molecular weight is 298 g/mol. The Kier molecular flexibility index (Phi) is 2.88. The van der Waals surface area contributed by atoms with Crippen LogP contribution in [-0.4, -0.2) is 9.36 Å². The lowest BCUT2D eigenvalue weighted by Gasteiger charge is -2.18. The van der Waals surface area contributed by atoms with Gasteiger partial charge in [0.2, 0.25) is 0 Å². The second-order valence-electron chi connectivity index (χ2n) is 4.20. The minimum Gasteiger partial charge on any atom is -0.330 e. The molecule has 0 bridgehead atoms. The van der Waals surface area contributed by atoms with Crippen molar-refractivity contribution in [3.05, 3.63) is 61.1 Å². The van der Waals surface area contributed by atoms with E-state index in [0.29, 0.717) is 15.7 Å². The van der Waals surface area contributed by atoms with E-state index in [-0.39, 0.29) is 24.5 Å². The van der Waals surface area contributed by atoms with E-state index in [1.807, 2.05) is 0 Å². The number of benzene rings is 1. The molecule has 0 atom stereocenters. The molecule has 0 aliphatic carbocycles. The molecule has 0 N–H and O–H groups in total. The summed E-state index contributed by atoms with van der Waals surface area (Å²) >= 11 is 12.3. The van der Waals surface area contributed by atoms with Gasteiger partial charge in [0.25, 0.3) is 11.1 Å². The molecule has 0 unspecified atom stereocenters. The number of nitrogens with zero attached hydrogens (tertiary/aromatic N) is 3. The number of rotatable bonds is 1. The minimum absolute atomic E-state index is 0.231. The fraction of sp³-hybridized carbons (Fsp3) is 0.167. The van der Waals surface area contributed by atoms with Gasteiger partial charge in [-0.2, -0.15) is 0 Å². The zero-order valence-corrected chi connectivity index (χ0v) is 11.2. The summed E-state index contributed by atoms with van der Waals surface area (Å²) in [6.45, 7) is 0.497. The molecule has 19 heavy (non-hydrogen) atoms. The van der Waals surface area contributed by atoms with Crippen LogP contribution in [0.25, 0.3) is 0 Å². The monoisotopic (exact) mass is 297 g/mol. The van der Waals surface area contributed by atoms with Crippen LogP contribution in [0.3, 0.4) is 0 Å². The zero-order chi connectivity index (χ0) is 13.6. The van der Waals surface area contributed by atoms with Crippen molar-refractivity contribution in [3.63, 3.8) is 0 Å². The average Bonchev–Trinajstić information content (AvgIpc) is 2.80. The van der Waals surface area contributed by atoms with Gasteiger partial charge in [-0.1, -0.05) is 29.3 Å². The van der Waals surface area contributed by atoms with Crippen molar-refractivity contribution in [2.45, 2.75) is 13.3 Å². The molecule has 0 radical (unpaired) electrons. The van der Waals surface area contributed by atoms with Crippen LogP contribution in [0.15, 0.2) is 39.9 Å². The predicted octanol–water partition coefficient (Wildman–Crippen LogP) is 1.75. The summed E-state index contributed by atoms with van der Waals surface area (Å²) in [6, 6.07) is 7.71. The van der Waals surface area contributed by atoms with E-state index >= 15 is 0 Å². The van der Waals surface area contributed by atoms with Crippen LogP contribution in [-0.2, 0) is 13.3 Å². The predicted molar refractivity (Wildman–Crippen MR) is 73.9 cm³/mol. The van der Waals surface area contributed by atoms with Crippen LogP contribution in [0.2, 0.25) is 10.0 Å². The van der Waals surface area contributed by atoms with Gasteiger partial charge in [0.15, 0.2) is 0 Å². The van der Waals surface area contributed by atoms with E-state index in [2.05, 4.69) is 0 Å². The lowest BCUT2D eigenvalue weighted by molar-refractivity contribution is 0.548. The Labute approximate surface area is 118 Å². The Morgan fingerprint density at radius 2 is 1.32 bits per heavy atom. The third-order valence-electron chi connectivity index (χ3n) is 3.03. The fourth-order valence-corrected chi connectivity index (χ4v) is 2.78. The highest BCUT2D eigenvalue weighted by Gasteiger charge is 2.23. The molecule has 0 amide bonds. The van der Waals surface area contributed by atoms with Gasteiger partial charge in [0.1, 0.15) is 13.3 Å². The number of halogens is 2. The molecular weight excluding hydrogens is 289 g/mol. The summed E-state index contributed by atoms with van der Waals surface area (Å²) in [6.07, 6.45) is 0. The number of fused-ring (bicyclic) bond motifs is 1. The minimum atomic E-state index is -0.231. The molecule has 1 aromatic carbocycles. The Bertz CT molecular complexity index is 707. The van der Waals surface area contributed by atoms with Gasteiger partial charge in [0, 0.05) is 12.1 Å². The number of anilines is 1. The van der Waals surface area contributed by atoms with E-state index in [4.69, 9.17) is 23.2 Å². The molecule has 0 saturated carbocycles. The molecule has 0 saturated heterocycles. The molecule has 3 rings (SSSR count). The first-order valence-corrected chi connectivity index (χ1v) is 6.33. The summed E-state index contributed by atoms with van der Waals surface area (Å²) in [7, 11) is 0. The van der Waals surface area contributed by atoms with Gasteiger partial charge in [0.05, 0.1) is 15.7 Å². The van der Waals surface area contributed by atoms with E-state index in [1.54, 1.807) is 23.1 Å². The van der Waals surface area contributed by atoms with Crippen LogP contribution in [0.5, 0.6) is 0 Å². The van der Waals surface area contributed by atoms with Crippen molar-refractivity contribution < 1.29 is 0 Å². The van der Waals surface area contributed by atoms with Gasteiger partial charge >= 0.3 is 0 Å². The smallest absolute Gasteiger partial charge is 0.267 e. The lowest BCUT2D eigenvalue weighted by Crippen LogP contribution is -2.32. The fourth-order valence-electron chi connectivity index (χ4n) is 2.15. The van der Waals surface area contributed by atoms with Gasteiger partial charge in [-0.05, 0) is 12.1 Å². The summed E-state index contributed by atoms with van der Waals surface area (Å²) in [4.78, 5) is 25.2. The molecule has 1 aromatic heterocycles. The van der Waals surface area contributed by atoms with Crippen molar-refractivity contribution in [2.24, 2.45) is 0 Å². The van der Waals surface area contributed by atoms with Crippen LogP contribution >= 0.6 is 23.2 Å². The van der Waals surface area contributed by atoms with Gasteiger partial charge in [-0.25, -0.2) is 9.36 Å². The highest BCUT2D eigenvalue weighted by atomic mass is 35.5. The third kappa shape index (κ3) is 1.95. The molecule has 1 aliphatic rings. The maximum absolute atomic E-state index is 11.7. The SMILES string of the molecule is O=c1ccc(=O)n2n1CN(c1c(Cl)cccc1Cl)C2. The molecule has 2 aromatic rings. The quantitative estimate of drug-likeness (QED) is 0.806. The van der Waals surface area contributed by atoms with Crippen LogP contribution in [0.1, 0.15) is 0 Å². The number of hydrogen-bond donors (Lipinski definition) is 0. The Hall–Kier alpha value is -1.72. The van der Waals surface area contributed by atoms with E-state index in [9.17, 15) is 9.59 Å². The number of para-hydroxylation sites is 1. The largest absolute Gasteiger partial charge is 0.330 e. The molecular formula is C12H9Cl2N3O2. The highest BCUT2D eigenvalue weighted by molar-refractivity contribution is 6.39. The molecule has 7 heteroatoms. The second kappa shape index (κ2) is 4.43. The van der Waals surface area contributed by atoms with Crippen molar-refractivity contribution in [2.75, 3.05) is 4.90 Å². The first kappa shape index (κ1) is 12.3. The summed E-state index contributed by atoms with van der Waals surface area (Å²) in [5, 5.41) is 0.975. The van der Waals surface area contributed by atoms with Crippen molar-refractivity contribution >= 4 is 28.9 Å². The maximum atomic E-state index is 11.7. The van der Waals surface area contributed by atoms with Gasteiger partial charge in [-0.15, -0.1) is 0 Å². The van der Waals surface area contributed by atoms with E-state index < -0.39 is 0 Å². The van der Waals surface area contributed by atoms with Crippen LogP contribution in [0.4, 0.5) is 5.69 Å². The van der Waals surface area contributed by atoms with Crippen LogP contribution in [0, 0.1) is 0 Å². The summed E-state index contributed by atoms with van der Waals surface area (Å²) < 4.78 is 2.73. The van der Waals surface area contributed by atoms with E-state index in [0.717, 1.165) is 0 Å². The second-order valence-corrected chi connectivity index (χ2v) is 5.02. The molecule has 5 nitrogen and oxygen atoms in total. The van der Waals surface area contributed by atoms with Crippen molar-refractivity contribution in [3.8, 4) is 0 Å². The number of aromatic nitrogens is 2. The van der Waals surface area contributed by atoms with Crippen molar-refractivity contribution in [1.29, 1.82) is 0 Å². The Morgan fingerprint density at radius 3 is 1.79 bits per heavy atom. The van der Waals surface area contributed by atoms with Crippen LogP contribution < -0.4 is 16.0 Å². The standard InChI is InChI=1S/C12H9Cl2N3O2/c13-8-2-1-3-9(14)12(8)15-6-16-10(18)4-5-11(19)17(16)7-15/h1-5H,6-7H2. The lowest BCUT2D eigenvalue weighted by atomic mass is 10.3. The van der Waals surface area contributed by atoms with Gasteiger partial charge in [-0.3, -0.25) is 9.59 Å². The first-order chi connectivity index (χ1) is 9.08. The summed E-state index contributed by atoms with van der Waals surface area (Å²) in [5.41, 5.74) is 0.163. The topological polar surface area (TPSA) is 47.2 Å². The Morgan fingerprint density at radius 1 is 0.842 bits per heavy atom. The van der Waals surface area contributed by atoms with Crippen molar-refractivity contribution in [1.82, 2.24) is 9.36 Å². The molecule has 2 heterocycles.